The molecule has 0 bridgehead atoms. The summed E-state index contributed by atoms with van der Waals surface area (Å²) in [4.78, 5) is 28.4. The number of nitrogens with zero attached hydrogens (tertiary/aromatic N) is 2. The first-order chi connectivity index (χ1) is 15.5. The van der Waals surface area contributed by atoms with Crippen LogP contribution in [-0.2, 0) is 17.7 Å². The molecule has 5 heteroatoms. The maximum absolute atomic E-state index is 12.1. The Kier molecular flexibility index (Phi) is 6.17. The van der Waals surface area contributed by atoms with Crippen LogP contribution in [0.4, 0.5) is 0 Å². The monoisotopic (exact) mass is 426 g/mol. The van der Waals surface area contributed by atoms with Crippen LogP contribution in [0.3, 0.4) is 0 Å². The highest BCUT2D eigenvalue weighted by Crippen LogP contribution is 2.27. The minimum absolute atomic E-state index is 0.347. The molecule has 32 heavy (non-hydrogen) atoms. The van der Waals surface area contributed by atoms with Crippen LogP contribution >= 0.6 is 0 Å². The van der Waals surface area contributed by atoms with Crippen LogP contribution in [0.25, 0.3) is 22.2 Å². The van der Waals surface area contributed by atoms with Gasteiger partial charge in [-0.25, -0.2) is 9.78 Å². The highest BCUT2D eigenvalue weighted by Gasteiger charge is 2.15. The topological polar surface area (TPSA) is 61.2 Å². The van der Waals surface area contributed by atoms with E-state index in [1.54, 1.807) is 6.07 Å². The Morgan fingerprint density at radius 2 is 1.84 bits per heavy atom. The summed E-state index contributed by atoms with van der Waals surface area (Å²) in [6.07, 6.45) is 2.75. The molecule has 1 heterocycles. The fraction of sp³-hybridized carbons (Fsp3) is 0.222. The van der Waals surface area contributed by atoms with Gasteiger partial charge in [0.05, 0.1) is 23.7 Å². The maximum Gasteiger partial charge on any atom is 0.338 e. The summed E-state index contributed by atoms with van der Waals surface area (Å²) in [6, 6.07) is 19.4. The first kappa shape index (κ1) is 21.5. The number of aldehydes is 1. The molecule has 5 nitrogen and oxygen atoms in total. The first-order valence-corrected chi connectivity index (χ1v) is 10.8. The van der Waals surface area contributed by atoms with Crippen molar-refractivity contribution in [1.82, 2.24) is 9.55 Å². The minimum atomic E-state index is -0.347. The highest BCUT2D eigenvalue weighted by atomic mass is 16.5. The zero-order chi connectivity index (χ0) is 22.7. The second-order valence-corrected chi connectivity index (χ2v) is 7.92. The smallest absolute Gasteiger partial charge is 0.338 e. The van der Waals surface area contributed by atoms with E-state index in [0.717, 1.165) is 58.2 Å². The molecule has 0 fully saturated rings. The van der Waals surface area contributed by atoms with Crippen LogP contribution in [-0.4, -0.2) is 28.9 Å². The van der Waals surface area contributed by atoms with Crippen molar-refractivity contribution >= 4 is 23.3 Å². The molecule has 0 aliphatic heterocycles. The lowest BCUT2D eigenvalue weighted by molar-refractivity contribution is 0.0601. The lowest BCUT2D eigenvalue weighted by atomic mass is 9.98. The highest BCUT2D eigenvalue weighted by molar-refractivity contribution is 5.97. The standard InChI is InChI=1S/C27H26N2O3/c1-4-7-25-28-26-18(2)14-20(17-30)15-24(26)29(25)16-19-10-12-21(13-11-19)22-8-5-6-9-23(22)27(31)32-3/h5-6,8-15,17H,4,7,16H2,1-3H3. The van der Waals surface area contributed by atoms with Crippen molar-refractivity contribution < 1.29 is 14.3 Å². The van der Waals surface area contributed by atoms with Crippen LogP contribution in [0.15, 0.2) is 60.7 Å². The molecular formula is C27H26N2O3. The lowest BCUT2D eigenvalue weighted by Gasteiger charge is -2.12. The first-order valence-electron chi connectivity index (χ1n) is 10.8. The lowest BCUT2D eigenvalue weighted by Crippen LogP contribution is -2.06. The Hall–Kier alpha value is -3.73. The predicted octanol–water partition coefficient (Wildman–Crippen LogP) is 5.61. The third kappa shape index (κ3) is 4.06. The van der Waals surface area contributed by atoms with Crippen molar-refractivity contribution in [2.45, 2.75) is 33.2 Å². The third-order valence-electron chi connectivity index (χ3n) is 5.69. The molecule has 162 valence electrons. The summed E-state index contributed by atoms with van der Waals surface area (Å²) < 4.78 is 7.13. The Labute approximate surface area is 187 Å². The Morgan fingerprint density at radius 1 is 1.09 bits per heavy atom. The van der Waals surface area contributed by atoms with Gasteiger partial charge in [-0.05, 0) is 53.8 Å². The summed E-state index contributed by atoms with van der Waals surface area (Å²) in [5.74, 6) is 0.675. The summed E-state index contributed by atoms with van der Waals surface area (Å²) in [5.41, 5.74) is 7.07. The maximum atomic E-state index is 12.1. The van der Waals surface area contributed by atoms with Gasteiger partial charge in [-0.1, -0.05) is 49.4 Å². The van der Waals surface area contributed by atoms with Crippen molar-refractivity contribution in [2.75, 3.05) is 7.11 Å². The predicted molar refractivity (Wildman–Crippen MR) is 126 cm³/mol. The van der Waals surface area contributed by atoms with Crippen molar-refractivity contribution in [1.29, 1.82) is 0 Å². The van der Waals surface area contributed by atoms with E-state index in [9.17, 15) is 9.59 Å². The second kappa shape index (κ2) is 9.18. The number of hydrogen-bond donors (Lipinski definition) is 0. The molecule has 0 aliphatic carbocycles. The fourth-order valence-electron chi connectivity index (χ4n) is 4.12. The van der Waals surface area contributed by atoms with Crippen LogP contribution in [0.5, 0.6) is 0 Å². The van der Waals surface area contributed by atoms with Gasteiger partial charge in [-0.15, -0.1) is 0 Å². The molecule has 0 amide bonds. The summed E-state index contributed by atoms with van der Waals surface area (Å²) in [6.45, 7) is 4.80. The average Bonchev–Trinajstić information content (AvgIpc) is 3.16. The number of carbonyl (C=O) groups is 2. The Morgan fingerprint density at radius 3 is 2.53 bits per heavy atom. The quantitative estimate of drug-likeness (QED) is 0.285. The van der Waals surface area contributed by atoms with Gasteiger partial charge in [0.15, 0.2) is 0 Å². The second-order valence-electron chi connectivity index (χ2n) is 7.92. The van der Waals surface area contributed by atoms with Crippen LogP contribution in [0.2, 0.25) is 0 Å². The molecule has 0 atom stereocenters. The number of aromatic nitrogens is 2. The molecule has 0 saturated carbocycles. The van der Waals surface area contributed by atoms with E-state index in [1.807, 2.05) is 49.4 Å². The van der Waals surface area contributed by atoms with E-state index < -0.39 is 0 Å². The number of esters is 1. The van der Waals surface area contributed by atoms with Gasteiger partial charge in [0, 0.05) is 18.5 Å². The Balaban J connectivity index is 1.72. The van der Waals surface area contributed by atoms with Gasteiger partial charge in [-0.3, -0.25) is 4.79 Å². The van der Waals surface area contributed by atoms with Gasteiger partial charge in [0.2, 0.25) is 0 Å². The number of fused-ring (bicyclic) bond motifs is 1. The molecule has 0 radical (unpaired) electrons. The molecule has 4 rings (SSSR count). The SMILES string of the molecule is CCCc1nc2c(C)cc(C=O)cc2n1Cc1ccc(-c2ccccc2C(=O)OC)cc1. The van der Waals surface area contributed by atoms with E-state index in [4.69, 9.17) is 9.72 Å². The van der Waals surface area contributed by atoms with Gasteiger partial charge in [-0.2, -0.15) is 0 Å². The minimum Gasteiger partial charge on any atom is -0.465 e. The number of hydrogen-bond acceptors (Lipinski definition) is 4. The van der Waals surface area contributed by atoms with Gasteiger partial charge in [0.1, 0.15) is 12.1 Å². The molecular weight excluding hydrogens is 400 g/mol. The fourth-order valence-corrected chi connectivity index (χ4v) is 4.12. The van der Waals surface area contributed by atoms with Crippen LogP contribution in [0, 0.1) is 6.92 Å². The van der Waals surface area contributed by atoms with Gasteiger partial charge < -0.3 is 9.30 Å². The van der Waals surface area contributed by atoms with Crippen LogP contribution in [0.1, 0.15) is 51.0 Å². The van der Waals surface area contributed by atoms with E-state index in [-0.39, 0.29) is 5.97 Å². The molecule has 0 spiro atoms. The van der Waals surface area contributed by atoms with E-state index >= 15 is 0 Å². The largest absolute Gasteiger partial charge is 0.465 e. The van der Waals surface area contributed by atoms with E-state index in [1.165, 1.54) is 7.11 Å². The summed E-state index contributed by atoms with van der Waals surface area (Å²) in [5, 5.41) is 0. The van der Waals surface area contributed by atoms with Crippen molar-refractivity contribution in [3.63, 3.8) is 0 Å². The number of carbonyl (C=O) groups excluding carboxylic acids is 2. The molecule has 0 N–H and O–H groups in total. The molecule has 1 aromatic heterocycles. The number of rotatable bonds is 7. The van der Waals surface area contributed by atoms with E-state index in [2.05, 4.69) is 23.6 Å². The summed E-state index contributed by atoms with van der Waals surface area (Å²) in [7, 11) is 1.39. The molecule has 3 aromatic carbocycles. The number of benzene rings is 3. The van der Waals surface area contributed by atoms with Crippen LogP contribution < -0.4 is 0 Å². The Bertz CT molecular complexity index is 1290. The van der Waals surface area contributed by atoms with Gasteiger partial charge >= 0.3 is 5.97 Å². The summed E-state index contributed by atoms with van der Waals surface area (Å²) >= 11 is 0. The number of aryl methyl sites for hydroxylation is 2. The number of methoxy groups -OCH3 is 1. The zero-order valence-electron chi connectivity index (χ0n) is 18.6. The normalized spacial score (nSPS) is 11.0. The van der Waals surface area contributed by atoms with E-state index in [0.29, 0.717) is 17.7 Å². The third-order valence-corrected chi connectivity index (χ3v) is 5.69. The molecule has 0 saturated heterocycles. The van der Waals surface area contributed by atoms with Crippen molar-refractivity contribution in [3.8, 4) is 11.1 Å². The number of imidazole rings is 1. The van der Waals surface area contributed by atoms with Crippen molar-refractivity contribution in [2.24, 2.45) is 0 Å². The molecule has 0 unspecified atom stereocenters. The number of ether oxygens (including phenoxy) is 1. The zero-order valence-corrected chi connectivity index (χ0v) is 18.6. The average molecular weight is 427 g/mol. The molecule has 4 aromatic rings. The van der Waals surface area contributed by atoms with Crippen molar-refractivity contribution in [3.05, 3.63) is 88.7 Å². The molecule has 0 aliphatic rings. The van der Waals surface area contributed by atoms with Gasteiger partial charge in [0.25, 0.3) is 0 Å².